The molecule has 2 saturated carbocycles. The molecular formula is C31H46FN7O2. The van der Waals surface area contributed by atoms with Crippen molar-refractivity contribution < 1.29 is 14.2 Å². The zero-order valence-electron chi connectivity index (χ0n) is 24.6. The summed E-state index contributed by atoms with van der Waals surface area (Å²) in [5.74, 6) is 1.07. The number of aliphatic imine (C=N–C) groups is 1. The lowest BCUT2D eigenvalue weighted by molar-refractivity contribution is -0.0611. The Balaban J connectivity index is 1.24. The van der Waals surface area contributed by atoms with Gasteiger partial charge in [-0.2, -0.15) is 4.98 Å². The van der Waals surface area contributed by atoms with Gasteiger partial charge in [0.1, 0.15) is 22.9 Å². The number of likely N-dealkylation sites (tertiary alicyclic amines) is 1. The molecule has 1 saturated heterocycles. The molecule has 3 aliphatic rings. The Kier molecular flexibility index (Phi) is 9.28. The molecule has 5 N–H and O–H groups in total. The van der Waals surface area contributed by atoms with Crippen LogP contribution in [-0.2, 0) is 6.54 Å². The van der Waals surface area contributed by atoms with Crippen LogP contribution >= 0.6 is 0 Å². The Labute approximate surface area is 243 Å². The molecule has 0 unspecified atom stereocenters. The number of anilines is 3. The van der Waals surface area contributed by atoms with Gasteiger partial charge in [-0.1, -0.05) is 19.8 Å². The fraction of sp³-hybridized carbons (Fsp3) is 0.645. The highest BCUT2D eigenvalue weighted by Gasteiger charge is 2.50. The van der Waals surface area contributed by atoms with Crippen molar-refractivity contribution in [1.29, 1.82) is 0 Å². The number of ether oxygens (including phenoxy) is 1. The number of rotatable bonds is 12. The molecule has 1 aromatic carbocycles. The molecule has 0 bridgehead atoms. The average Bonchev–Trinajstić information content (AvgIpc) is 2.92. The van der Waals surface area contributed by atoms with Crippen LogP contribution in [0.5, 0.6) is 5.75 Å². The highest BCUT2D eigenvalue weighted by atomic mass is 19.1. The van der Waals surface area contributed by atoms with E-state index in [-0.39, 0.29) is 24.9 Å². The number of nitrogens with two attached hydrogens (primary N) is 2. The van der Waals surface area contributed by atoms with Gasteiger partial charge in [-0.25, -0.2) is 9.37 Å². The summed E-state index contributed by atoms with van der Waals surface area (Å²) < 4.78 is 21.1. The van der Waals surface area contributed by atoms with Gasteiger partial charge in [0.2, 0.25) is 5.95 Å². The molecule has 1 aromatic heterocycles. The molecule has 9 nitrogen and oxygen atoms in total. The first-order valence-corrected chi connectivity index (χ1v) is 15.3. The Hall–Kier alpha value is -2.98. The minimum absolute atomic E-state index is 0.0359. The fourth-order valence-corrected chi connectivity index (χ4v) is 6.93. The van der Waals surface area contributed by atoms with Crippen LogP contribution in [0.25, 0.3) is 0 Å². The van der Waals surface area contributed by atoms with Gasteiger partial charge in [-0.15, -0.1) is 0 Å². The van der Waals surface area contributed by atoms with Gasteiger partial charge in [0.15, 0.2) is 5.82 Å². The molecular weight excluding hydrogens is 521 g/mol. The van der Waals surface area contributed by atoms with Gasteiger partial charge in [-0.3, -0.25) is 4.99 Å². The van der Waals surface area contributed by atoms with Crippen LogP contribution in [0, 0.1) is 11.2 Å². The van der Waals surface area contributed by atoms with Crippen LogP contribution in [0.4, 0.5) is 21.8 Å². The van der Waals surface area contributed by atoms with Gasteiger partial charge in [0, 0.05) is 25.3 Å². The lowest BCUT2D eigenvalue weighted by Gasteiger charge is -2.58. The Bertz CT molecular complexity index is 1220. The van der Waals surface area contributed by atoms with E-state index in [1.807, 2.05) is 11.0 Å². The summed E-state index contributed by atoms with van der Waals surface area (Å²) >= 11 is 0. The average molecular weight is 568 g/mol. The van der Waals surface area contributed by atoms with E-state index in [2.05, 4.69) is 26.8 Å². The van der Waals surface area contributed by atoms with E-state index >= 15 is 4.39 Å². The van der Waals surface area contributed by atoms with Gasteiger partial charge < -0.3 is 31.1 Å². The minimum Gasteiger partial charge on any atom is -0.496 e. The number of aliphatic hydroxyl groups excluding tert-OH is 1. The zero-order valence-corrected chi connectivity index (χ0v) is 24.6. The molecule has 2 heterocycles. The third kappa shape index (κ3) is 6.43. The van der Waals surface area contributed by atoms with Crippen molar-refractivity contribution in [2.45, 2.75) is 83.2 Å². The predicted molar refractivity (Wildman–Crippen MR) is 162 cm³/mol. The number of nitrogen functional groups attached to an aromatic ring is 2. The van der Waals surface area contributed by atoms with Crippen molar-refractivity contribution in [3.05, 3.63) is 34.8 Å². The molecule has 224 valence electrons. The lowest BCUT2D eigenvalue weighted by Crippen LogP contribution is -2.55. The van der Waals surface area contributed by atoms with E-state index in [1.54, 1.807) is 13.2 Å². The first kappa shape index (κ1) is 29.5. The SMILES string of the molecule is CCCCN(CCO)c1nc(N)nc(C=NCc2c(F)cc(C3CCN(C4CC5(CCC5)C4)CC3)cc2OC)c1N. The van der Waals surface area contributed by atoms with Crippen LogP contribution in [0.15, 0.2) is 17.1 Å². The van der Waals surface area contributed by atoms with Gasteiger partial charge >= 0.3 is 0 Å². The summed E-state index contributed by atoms with van der Waals surface area (Å²) in [7, 11) is 1.57. The smallest absolute Gasteiger partial charge is 0.222 e. The largest absolute Gasteiger partial charge is 0.496 e. The van der Waals surface area contributed by atoms with Crippen LogP contribution < -0.4 is 21.1 Å². The van der Waals surface area contributed by atoms with Gasteiger partial charge in [0.05, 0.1) is 25.8 Å². The summed E-state index contributed by atoms with van der Waals surface area (Å²) in [5, 5.41) is 9.51. The molecule has 3 fully saturated rings. The van der Waals surface area contributed by atoms with Crippen molar-refractivity contribution in [2.24, 2.45) is 10.4 Å². The number of aliphatic hydroxyl groups is 1. The van der Waals surface area contributed by atoms with Crippen molar-refractivity contribution in [2.75, 3.05) is 56.3 Å². The first-order chi connectivity index (χ1) is 19.9. The van der Waals surface area contributed by atoms with Crippen molar-refractivity contribution in [1.82, 2.24) is 14.9 Å². The molecule has 0 amide bonds. The van der Waals surface area contributed by atoms with Gasteiger partial charge in [-0.05, 0) is 87.1 Å². The molecule has 0 atom stereocenters. The molecule has 2 aromatic rings. The van der Waals surface area contributed by atoms with Crippen LogP contribution in [0.3, 0.4) is 0 Å². The number of piperidine rings is 1. The maximum Gasteiger partial charge on any atom is 0.222 e. The Morgan fingerprint density at radius 1 is 1.20 bits per heavy atom. The number of hydrogen-bond donors (Lipinski definition) is 3. The van der Waals surface area contributed by atoms with Crippen molar-refractivity contribution >= 4 is 23.7 Å². The highest BCUT2D eigenvalue weighted by molar-refractivity contribution is 5.89. The summed E-state index contributed by atoms with van der Waals surface area (Å²) in [4.78, 5) is 17.6. The summed E-state index contributed by atoms with van der Waals surface area (Å²) in [6.07, 6.45) is 12.5. The van der Waals surface area contributed by atoms with Crippen molar-refractivity contribution in [3.8, 4) is 5.75 Å². The summed E-state index contributed by atoms with van der Waals surface area (Å²) in [5.41, 5.74) is 15.2. The Morgan fingerprint density at radius 2 is 1.95 bits per heavy atom. The second-order valence-electron chi connectivity index (χ2n) is 12.1. The Morgan fingerprint density at radius 3 is 2.59 bits per heavy atom. The second-order valence-corrected chi connectivity index (χ2v) is 12.1. The summed E-state index contributed by atoms with van der Waals surface area (Å²) in [6, 6.07) is 4.40. The van der Waals surface area contributed by atoms with Crippen molar-refractivity contribution in [3.63, 3.8) is 0 Å². The standard InChI is InChI=1S/C31H46FN7O2/c1-3-4-10-39(13-14-40)29-28(33)26(36-30(34)37-29)20-35-19-24-25(32)15-22(16-27(24)41-2)21-6-11-38(12-7-21)23-17-31(18-23)8-5-9-31/h15-16,20-21,23,40H,3-14,17-19,33H2,1-2H3,(H2,34,36,37). The van der Waals surface area contributed by atoms with E-state index in [4.69, 9.17) is 16.2 Å². The number of aromatic nitrogens is 2. The normalized spacial score (nSPS) is 19.4. The monoisotopic (exact) mass is 567 g/mol. The maximum absolute atomic E-state index is 15.4. The maximum atomic E-state index is 15.4. The second kappa shape index (κ2) is 12.9. The number of methoxy groups -OCH3 is 1. The van der Waals surface area contributed by atoms with E-state index in [9.17, 15) is 5.11 Å². The van der Waals surface area contributed by atoms with E-state index in [0.29, 0.717) is 52.9 Å². The molecule has 10 heteroatoms. The first-order valence-electron chi connectivity index (χ1n) is 15.3. The summed E-state index contributed by atoms with van der Waals surface area (Å²) in [6.45, 7) is 5.37. The molecule has 1 aliphatic heterocycles. The molecule has 0 radical (unpaired) electrons. The number of benzene rings is 1. The highest BCUT2D eigenvalue weighted by Crippen LogP contribution is 2.57. The van der Waals surface area contributed by atoms with Crippen LogP contribution in [0.2, 0.25) is 0 Å². The zero-order chi connectivity index (χ0) is 29.0. The van der Waals surface area contributed by atoms with E-state index < -0.39 is 0 Å². The van der Waals surface area contributed by atoms with E-state index in [0.717, 1.165) is 50.4 Å². The lowest BCUT2D eigenvalue weighted by atomic mass is 9.53. The minimum atomic E-state index is -0.311. The number of nitrogens with zero attached hydrogens (tertiary/aromatic N) is 5. The number of halogens is 1. The molecule has 2 aliphatic carbocycles. The fourth-order valence-electron chi connectivity index (χ4n) is 6.93. The predicted octanol–water partition coefficient (Wildman–Crippen LogP) is 4.52. The van der Waals surface area contributed by atoms with Gasteiger partial charge in [0.25, 0.3) is 0 Å². The number of hydrogen-bond acceptors (Lipinski definition) is 9. The van der Waals surface area contributed by atoms with E-state index in [1.165, 1.54) is 38.3 Å². The topological polar surface area (TPSA) is 126 Å². The molecule has 41 heavy (non-hydrogen) atoms. The van der Waals surface area contributed by atoms with Crippen LogP contribution in [0.1, 0.15) is 87.4 Å². The quantitative estimate of drug-likeness (QED) is 0.320. The van der Waals surface area contributed by atoms with Crippen LogP contribution in [-0.4, -0.2) is 72.1 Å². The number of unbranched alkanes of at least 4 members (excludes halogenated alkanes) is 1. The third-order valence-corrected chi connectivity index (χ3v) is 9.55. The molecule has 5 rings (SSSR count). The third-order valence-electron chi connectivity index (χ3n) is 9.55. The molecule has 1 spiro atoms.